The highest BCUT2D eigenvalue weighted by atomic mass is 19.4. The van der Waals surface area contributed by atoms with Gasteiger partial charge >= 0.3 is 6.18 Å². The lowest BCUT2D eigenvalue weighted by Crippen LogP contribution is -2.54. The minimum absolute atomic E-state index is 0.0293. The van der Waals surface area contributed by atoms with Crippen LogP contribution in [0.3, 0.4) is 0 Å². The highest BCUT2D eigenvalue weighted by molar-refractivity contribution is 6.00. The van der Waals surface area contributed by atoms with Gasteiger partial charge in [0, 0.05) is 38.0 Å². The second-order valence-electron chi connectivity index (χ2n) is 11.6. The number of amides is 4. The van der Waals surface area contributed by atoms with Gasteiger partial charge in [0.15, 0.2) is 6.61 Å². The Kier molecular flexibility index (Phi) is 11.6. The summed E-state index contributed by atoms with van der Waals surface area (Å²) in [5.74, 6) is -2.38. The largest absolute Gasteiger partial charge is 0.483 e. The van der Waals surface area contributed by atoms with E-state index in [0.29, 0.717) is 0 Å². The van der Waals surface area contributed by atoms with Crippen LogP contribution in [-0.4, -0.2) is 94.7 Å². The molecule has 41 heavy (non-hydrogen) atoms. The summed E-state index contributed by atoms with van der Waals surface area (Å²) in [6, 6.07) is 3.33. The molecule has 1 saturated heterocycles. The number of hydrogen-bond donors (Lipinski definition) is 3. The number of halogens is 3. The maximum atomic E-state index is 13.6. The molecule has 1 heterocycles. The van der Waals surface area contributed by atoms with Gasteiger partial charge in [-0.15, -0.1) is 0 Å². The van der Waals surface area contributed by atoms with Crippen LogP contribution in [0, 0.1) is 0 Å². The summed E-state index contributed by atoms with van der Waals surface area (Å²) in [6.07, 6.45) is -7.48. The fourth-order valence-corrected chi connectivity index (χ4v) is 4.36. The minimum Gasteiger partial charge on any atom is -0.483 e. The van der Waals surface area contributed by atoms with E-state index >= 15 is 0 Å². The third-order valence-electron chi connectivity index (χ3n) is 6.53. The molecule has 10 nitrogen and oxygen atoms in total. The number of likely N-dealkylation sites (tertiary alicyclic amines) is 1. The van der Waals surface area contributed by atoms with Crippen LogP contribution in [0.25, 0.3) is 0 Å². The molecule has 0 aliphatic carbocycles. The normalized spacial score (nSPS) is 18.2. The van der Waals surface area contributed by atoms with Crippen molar-refractivity contribution < 1.29 is 42.2 Å². The first-order valence-corrected chi connectivity index (χ1v) is 13.5. The zero-order valence-electron chi connectivity index (χ0n) is 24.4. The molecule has 1 aromatic carbocycles. The maximum absolute atomic E-state index is 13.6. The fraction of sp³-hybridized carbons (Fsp3) is 0.643. The average molecular weight is 587 g/mol. The predicted molar refractivity (Wildman–Crippen MR) is 145 cm³/mol. The highest BCUT2D eigenvalue weighted by Gasteiger charge is 2.43. The number of rotatable bonds is 11. The van der Waals surface area contributed by atoms with Crippen LogP contribution < -0.4 is 15.4 Å². The van der Waals surface area contributed by atoms with Crippen LogP contribution in [-0.2, 0) is 14.4 Å². The van der Waals surface area contributed by atoms with Gasteiger partial charge < -0.3 is 30.3 Å². The van der Waals surface area contributed by atoms with E-state index in [1.54, 1.807) is 47.7 Å². The van der Waals surface area contributed by atoms with Crippen molar-refractivity contribution in [2.75, 3.05) is 20.2 Å². The number of ether oxygens (including phenoxy) is 1. The molecule has 230 valence electrons. The molecule has 0 radical (unpaired) electrons. The Hall–Kier alpha value is -3.35. The smallest absolute Gasteiger partial charge is 0.389 e. The summed E-state index contributed by atoms with van der Waals surface area (Å²) in [7, 11) is 1.56. The molecule has 3 atom stereocenters. The Morgan fingerprint density at radius 2 is 1.78 bits per heavy atom. The highest BCUT2D eigenvalue weighted by Crippen LogP contribution is 2.26. The Morgan fingerprint density at radius 3 is 2.37 bits per heavy atom. The number of nitrogens with one attached hydrogen (secondary N) is 2. The van der Waals surface area contributed by atoms with Crippen LogP contribution in [0.4, 0.5) is 13.2 Å². The van der Waals surface area contributed by atoms with Crippen LogP contribution in [0.5, 0.6) is 5.75 Å². The van der Waals surface area contributed by atoms with E-state index in [-0.39, 0.29) is 36.7 Å². The molecule has 0 unspecified atom stereocenters. The zero-order chi connectivity index (χ0) is 31.1. The maximum Gasteiger partial charge on any atom is 0.389 e. The van der Waals surface area contributed by atoms with Crippen molar-refractivity contribution in [1.82, 2.24) is 20.4 Å². The molecule has 0 spiro atoms. The number of hydrogen-bond acceptors (Lipinski definition) is 6. The van der Waals surface area contributed by atoms with E-state index in [9.17, 15) is 37.5 Å². The fourth-order valence-electron chi connectivity index (χ4n) is 4.36. The number of carbonyl (C=O) groups excluding carboxylic acids is 4. The van der Waals surface area contributed by atoms with Crippen LogP contribution in [0.1, 0.15) is 70.7 Å². The summed E-state index contributed by atoms with van der Waals surface area (Å²) >= 11 is 0. The molecule has 0 aromatic heterocycles. The van der Waals surface area contributed by atoms with Crippen molar-refractivity contribution in [3.8, 4) is 5.75 Å². The van der Waals surface area contributed by atoms with Gasteiger partial charge in [-0.05, 0) is 59.6 Å². The Morgan fingerprint density at radius 1 is 1.15 bits per heavy atom. The van der Waals surface area contributed by atoms with Gasteiger partial charge in [-0.1, -0.05) is 12.1 Å². The summed E-state index contributed by atoms with van der Waals surface area (Å²) < 4.78 is 44.3. The Bertz CT molecular complexity index is 1090. The lowest BCUT2D eigenvalue weighted by Gasteiger charge is -2.32. The molecular weight excluding hydrogens is 545 g/mol. The summed E-state index contributed by atoms with van der Waals surface area (Å²) in [5.41, 5.74) is -0.536. The van der Waals surface area contributed by atoms with Gasteiger partial charge in [0.05, 0.1) is 11.7 Å². The Balaban J connectivity index is 2.28. The van der Waals surface area contributed by atoms with Crippen molar-refractivity contribution in [2.24, 2.45) is 0 Å². The number of β-amino-alcohol motifs (C(OH)–C–C–N with tert-alkyl or cyclic N) is 1. The zero-order valence-corrected chi connectivity index (χ0v) is 24.4. The number of alkyl halides is 3. The first kappa shape index (κ1) is 33.9. The number of carbonyl (C=O) groups is 4. The summed E-state index contributed by atoms with van der Waals surface area (Å²) in [4.78, 5) is 54.7. The topological polar surface area (TPSA) is 128 Å². The van der Waals surface area contributed by atoms with Crippen LogP contribution >= 0.6 is 0 Å². The second kappa shape index (κ2) is 14.0. The molecule has 3 N–H and O–H groups in total. The van der Waals surface area contributed by atoms with E-state index in [4.69, 9.17) is 4.74 Å². The molecule has 0 saturated carbocycles. The van der Waals surface area contributed by atoms with E-state index in [2.05, 4.69) is 10.6 Å². The SMILES string of the molecule is CC(C)N(C)C(=O)[C@H]1C[C@H](O)CN1C(=O)[C@@H](CCCC(F)(F)F)NC(=O)c1ccccc1OCC(=O)NC(C)(C)C. The lowest BCUT2D eigenvalue weighted by atomic mass is 10.1. The summed E-state index contributed by atoms with van der Waals surface area (Å²) in [6.45, 7) is 8.34. The van der Waals surface area contributed by atoms with Crippen molar-refractivity contribution in [2.45, 2.75) is 96.2 Å². The molecule has 0 bridgehead atoms. The van der Waals surface area contributed by atoms with E-state index < -0.39 is 73.0 Å². The molecule has 2 rings (SSSR count). The van der Waals surface area contributed by atoms with E-state index in [1.807, 2.05) is 0 Å². The molecule has 1 aromatic rings. The number of aliphatic hydroxyl groups is 1. The number of aliphatic hydroxyl groups excluding tert-OH is 1. The Labute approximate surface area is 238 Å². The predicted octanol–water partition coefficient (Wildman–Crippen LogP) is 2.64. The van der Waals surface area contributed by atoms with Gasteiger partial charge in [-0.25, -0.2) is 0 Å². The number of likely N-dealkylation sites (N-methyl/N-ethyl adjacent to an activating group) is 1. The molecular formula is C28H41F3N4O6. The van der Waals surface area contributed by atoms with Gasteiger partial charge in [0.1, 0.15) is 17.8 Å². The first-order chi connectivity index (χ1) is 18.9. The lowest BCUT2D eigenvalue weighted by molar-refractivity contribution is -0.145. The van der Waals surface area contributed by atoms with Gasteiger partial charge in [-0.3, -0.25) is 19.2 Å². The quantitative estimate of drug-likeness (QED) is 0.366. The molecule has 1 aliphatic heterocycles. The number of benzene rings is 1. The first-order valence-electron chi connectivity index (χ1n) is 13.5. The van der Waals surface area contributed by atoms with Crippen LogP contribution in [0.2, 0.25) is 0 Å². The van der Waals surface area contributed by atoms with Crippen molar-refractivity contribution >= 4 is 23.6 Å². The monoisotopic (exact) mass is 586 g/mol. The van der Waals surface area contributed by atoms with Crippen molar-refractivity contribution in [3.63, 3.8) is 0 Å². The van der Waals surface area contributed by atoms with E-state index in [0.717, 1.165) is 4.90 Å². The molecule has 13 heteroatoms. The number of para-hydroxylation sites is 1. The third kappa shape index (κ3) is 10.5. The molecule has 4 amide bonds. The number of nitrogens with zero attached hydrogens (tertiary/aromatic N) is 2. The van der Waals surface area contributed by atoms with Gasteiger partial charge in [0.25, 0.3) is 11.8 Å². The van der Waals surface area contributed by atoms with Gasteiger partial charge in [-0.2, -0.15) is 13.2 Å². The summed E-state index contributed by atoms with van der Waals surface area (Å²) in [5, 5.41) is 15.5. The third-order valence-corrected chi connectivity index (χ3v) is 6.53. The molecule has 1 aliphatic rings. The average Bonchev–Trinajstić information content (AvgIpc) is 3.25. The van der Waals surface area contributed by atoms with Crippen LogP contribution in [0.15, 0.2) is 24.3 Å². The minimum atomic E-state index is -4.46. The van der Waals surface area contributed by atoms with E-state index in [1.165, 1.54) is 23.1 Å². The molecule has 1 fully saturated rings. The standard InChI is InChI=1S/C28H41F3N4O6/c1-17(2)34(6)26(40)21-14-18(36)15-35(21)25(39)20(11-9-13-28(29,30)31)32-24(38)19-10-7-8-12-22(19)41-16-23(37)33-27(3,4)5/h7-8,10,12,17-18,20-21,36H,9,11,13-16H2,1-6H3,(H,32,38)(H,33,37)/t18-,20+,21+/m0/s1. The van der Waals surface area contributed by atoms with Crippen molar-refractivity contribution in [1.29, 1.82) is 0 Å². The van der Waals surface area contributed by atoms with Gasteiger partial charge in [0.2, 0.25) is 11.8 Å². The van der Waals surface area contributed by atoms with Crippen molar-refractivity contribution in [3.05, 3.63) is 29.8 Å². The second-order valence-corrected chi connectivity index (χ2v) is 11.6.